The summed E-state index contributed by atoms with van der Waals surface area (Å²) in [5.74, 6) is 0.832. The van der Waals surface area contributed by atoms with E-state index in [4.69, 9.17) is 0 Å². The van der Waals surface area contributed by atoms with E-state index in [0.717, 1.165) is 12.3 Å². The summed E-state index contributed by atoms with van der Waals surface area (Å²) in [6.45, 7) is 2.31. The predicted octanol–water partition coefficient (Wildman–Crippen LogP) is 3.90. The van der Waals surface area contributed by atoms with E-state index in [9.17, 15) is 5.11 Å². The number of hydrogen-bond acceptors (Lipinski definition) is 1. The van der Waals surface area contributed by atoms with E-state index in [2.05, 4.69) is 6.92 Å². The van der Waals surface area contributed by atoms with E-state index in [-0.39, 0.29) is 11.5 Å². The first kappa shape index (κ1) is 11.4. The standard InChI is InChI=1S/C14H26O/c1-14(9-5-2-6-10-14)13(15)11-12-7-3-4-8-12/h12-13,15H,2-11H2,1H3. The Morgan fingerprint density at radius 1 is 1.07 bits per heavy atom. The van der Waals surface area contributed by atoms with Crippen molar-refractivity contribution in [2.24, 2.45) is 11.3 Å². The minimum absolute atomic E-state index is 0.0269. The molecule has 1 nitrogen and oxygen atoms in total. The quantitative estimate of drug-likeness (QED) is 0.749. The van der Waals surface area contributed by atoms with Gasteiger partial charge in [-0.2, -0.15) is 0 Å². The Morgan fingerprint density at radius 2 is 1.67 bits per heavy atom. The molecule has 88 valence electrons. The van der Waals surface area contributed by atoms with Gasteiger partial charge in [0.15, 0.2) is 0 Å². The van der Waals surface area contributed by atoms with E-state index in [1.807, 2.05) is 0 Å². The Labute approximate surface area is 94.3 Å². The summed E-state index contributed by atoms with van der Waals surface area (Å²) in [4.78, 5) is 0. The van der Waals surface area contributed by atoms with Crippen LogP contribution in [-0.2, 0) is 0 Å². The van der Waals surface area contributed by atoms with Crippen LogP contribution in [0.25, 0.3) is 0 Å². The van der Waals surface area contributed by atoms with Crippen LogP contribution in [0, 0.1) is 11.3 Å². The molecule has 2 aliphatic rings. The van der Waals surface area contributed by atoms with E-state index in [1.165, 1.54) is 57.8 Å². The fourth-order valence-electron chi connectivity index (χ4n) is 3.54. The molecule has 0 bridgehead atoms. The van der Waals surface area contributed by atoms with Gasteiger partial charge in [-0.05, 0) is 30.6 Å². The fraction of sp³-hybridized carbons (Fsp3) is 1.00. The highest BCUT2D eigenvalue weighted by Gasteiger charge is 2.35. The average molecular weight is 210 g/mol. The molecule has 0 saturated heterocycles. The van der Waals surface area contributed by atoms with Crippen molar-refractivity contribution < 1.29 is 5.11 Å². The maximum atomic E-state index is 10.4. The number of aliphatic hydroxyl groups is 1. The summed E-state index contributed by atoms with van der Waals surface area (Å²) in [5.41, 5.74) is 0.251. The van der Waals surface area contributed by atoms with Gasteiger partial charge in [-0.15, -0.1) is 0 Å². The molecule has 2 aliphatic carbocycles. The Morgan fingerprint density at radius 3 is 2.27 bits per heavy atom. The Balaban J connectivity index is 1.84. The van der Waals surface area contributed by atoms with Crippen LogP contribution in [0.1, 0.15) is 71.1 Å². The second-order valence-corrected chi connectivity index (χ2v) is 6.12. The molecular weight excluding hydrogens is 184 g/mol. The van der Waals surface area contributed by atoms with Gasteiger partial charge in [0.05, 0.1) is 6.10 Å². The topological polar surface area (TPSA) is 20.2 Å². The number of aliphatic hydroxyl groups excluding tert-OH is 1. The van der Waals surface area contributed by atoms with Gasteiger partial charge in [-0.25, -0.2) is 0 Å². The lowest BCUT2D eigenvalue weighted by Gasteiger charge is -2.39. The van der Waals surface area contributed by atoms with Crippen molar-refractivity contribution in [2.75, 3.05) is 0 Å². The fourth-order valence-corrected chi connectivity index (χ4v) is 3.54. The van der Waals surface area contributed by atoms with E-state index >= 15 is 0 Å². The van der Waals surface area contributed by atoms with E-state index in [0.29, 0.717) is 0 Å². The highest BCUT2D eigenvalue weighted by atomic mass is 16.3. The zero-order valence-corrected chi connectivity index (χ0v) is 10.2. The highest BCUT2D eigenvalue weighted by molar-refractivity contribution is 4.87. The van der Waals surface area contributed by atoms with E-state index in [1.54, 1.807) is 0 Å². The van der Waals surface area contributed by atoms with Crippen LogP contribution in [0.3, 0.4) is 0 Å². The zero-order valence-electron chi connectivity index (χ0n) is 10.2. The third-order valence-corrected chi connectivity index (χ3v) is 4.83. The molecule has 0 aromatic rings. The highest BCUT2D eigenvalue weighted by Crippen LogP contribution is 2.42. The molecule has 1 N–H and O–H groups in total. The average Bonchev–Trinajstić information content (AvgIpc) is 2.71. The number of hydrogen-bond donors (Lipinski definition) is 1. The van der Waals surface area contributed by atoms with Crippen molar-refractivity contribution in [3.8, 4) is 0 Å². The van der Waals surface area contributed by atoms with Crippen LogP contribution in [0.15, 0.2) is 0 Å². The van der Waals surface area contributed by atoms with Crippen LogP contribution >= 0.6 is 0 Å². The summed E-state index contributed by atoms with van der Waals surface area (Å²) >= 11 is 0. The van der Waals surface area contributed by atoms with Gasteiger partial charge in [0, 0.05) is 0 Å². The van der Waals surface area contributed by atoms with Gasteiger partial charge < -0.3 is 5.11 Å². The molecule has 15 heavy (non-hydrogen) atoms. The van der Waals surface area contributed by atoms with Crippen molar-refractivity contribution >= 4 is 0 Å². The van der Waals surface area contributed by atoms with Crippen LogP contribution in [0.2, 0.25) is 0 Å². The summed E-state index contributed by atoms with van der Waals surface area (Å²) in [7, 11) is 0. The molecule has 0 aliphatic heterocycles. The van der Waals surface area contributed by atoms with Crippen LogP contribution in [0.4, 0.5) is 0 Å². The first-order valence-corrected chi connectivity index (χ1v) is 6.89. The van der Waals surface area contributed by atoms with Crippen molar-refractivity contribution in [1.82, 2.24) is 0 Å². The van der Waals surface area contributed by atoms with Crippen LogP contribution in [-0.4, -0.2) is 11.2 Å². The first-order valence-electron chi connectivity index (χ1n) is 6.89. The molecule has 1 atom stereocenters. The third-order valence-electron chi connectivity index (χ3n) is 4.83. The van der Waals surface area contributed by atoms with Crippen molar-refractivity contribution in [1.29, 1.82) is 0 Å². The SMILES string of the molecule is CC1(C(O)CC2CCCC2)CCCCC1. The minimum Gasteiger partial charge on any atom is -0.393 e. The summed E-state index contributed by atoms with van der Waals surface area (Å²) < 4.78 is 0. The van der Waals surface area contributed by atoms with Gasteiger partial charge in [-0.3, -0.25) is 0 Å². The predicted molar refractivity (Wildman–Crippen MR) is 63.8 cm³/mol. The second kappa shape index (κ2) is 4.86. The molecule has 2 fully saturated rings. The normalized spacial score (nSPS) is 29.2. The molecule has 2 saturated carbocycles. The third kappa shape index (κ3) is 2.75. The lowest BCUT2D eigenvalue weighted by atomic mass is 9.70. The second-order valence-electron chi connectivity index (χ2n) is 6.12. The monoisotopic (exact) mass is 210 g/mol. The largest absolute Gasteiger partial charge is 0.393 e. The summed E-state index contributed by atoms with van der Waals surface area (Å²) in [5, 5.41) is 10.4. The Bertz CT molecular complexity index is 188. The lowest BCUT2D eigenvalue weighted by Crippen LogP contribution is -2.35. The first-order chi connectivity index (χ1) is 7.21. The van der Waals surface area contributed by atoms with Crippen molar-refractivity contribution in [2.45, 2.75) is 77.2 Å². The molecule has 2 rings (SSSR count). The minimum atomic E-state index is -0.0269. The molecule has 1 unspecified atom stereocenters. The van der Waals surface area contributed by atoms with Crippen LogP contribution in [0.5, 0.6) is 0 Å². The molecule has 0 amide bonds. The van der Waals surface area contributed by atoms with E-state index < -0.39 is 0 Å². The van der Waals surface area contributed by atoms with Crippen molar-refractivity contribution in [3.05, 3.63) is 0 Å². The summed E-state index contributed by atoms with van der Waals surface area (Å²) in [6, 6.07) is 0. The Kier molecular flexibility index (Phi) is 3.71. The maximum Gasteiger partial charge on any atom is 0.0596 e. The van der Waals surface area contributed by atoms with Gasteiger partial charge in [0.2, 0.25) is 0 Å². The Hall–Kier alpha value is -0.0400. The molecule has 1 heteroatoms. The number of rotatable bonds is 3. The lowest BCUT2D eigenvalue weighted by molar-refractivity contribution is -0.00583. The molecule has 0 spiro atoms. The molecular formula is C14H26O. The van der Waals surface area contributed by atoms with Gasteiger partial charge >= 0.3 is 0 Å². The van der Waals surface area contributed by atoms with Crippen LogP contribution < -0.4 is 0 Å². The van der Waals surface area contributed by atoms with Gasteiger partial charge in [-0.1, -0.05) is 51.9 Å². The smallest absolute Gasteiger partial charge is 0.0596 e. The zero-order chi connectivity index (χ0) is 10.7. The molecule has 0 radical (unpaired) electrons. The molecule has 0 aromatic heterocycles. The molecule has 0 heterocycles. The van der Waals surface area contributed by atoms with Crippen molar-refractivity contribution in [3.63, 3.8) is 0 Å². The molecule has 0 aromatic carbocycles. The summed E-state index contributed by atoms with van der Waals surface area (Å²) in [6.07, 6.45) is 13.1. The maximum absolute atomic E-state index is 10.4. The van der Waals surface area contributed by atoms with Gasteiger partial charge in [0.25, 0.3) is 0 Å². The van der Waals surface area contributed by atoms with Gasteiger partial charge in [0.1, 0.15) is 0 Å².